The van der Waals surface area contributed by atoms with Gasteiger partial charge in [0, 0.05) is 0 Å². The third kappa shape index (κ3) is 321. The first-order valence-electron chi connectivity index (χ1n) is 7.20. The molecule has 0 saturated heterocycles. The van der Waals surface area contributed by atoms with Gasteiger partial charge in [0.05, 0.1) is 0 Å². The zero-order valence-electron chi connectivity index (χ0n) is 15.6. The second-order valence-corrected chi connectivity index (χ2v) is 3.17. The molecule has 0 saturated carbocycles. The molecule has 0 N–H and O–H groups in total. The summed E-state index contributed by atoms with van der Waals surface area (Å²) in [6.45, 7) is 19.6. The van der Waals surface area contributed by atoms with Crippen molar-refractivity contribution in [2.75, 3.05) is 0 Å². The van der Waals surface area contributed by atoms with Crippen LogP contribution in [0.1, 0.15) is 69.2 Å². The van der Waals surface area contributed by atoms with Crippen LogP contribution in [0, 0.1) is 11.8 Å². The van der Waals surface area contributed by atoms with Crippen LogP contribution in [0.3, 0.4) is 0 Å². The summed E-state index contributed by atoms with van der Waals surface area (Å²) in [5.74, 6) is 5.36. The SMILES string of the molecule is C/C=C/C.C/C=C/C.C/C=C/C.C/C=C\C.CC#CC. The van der Waals surface area contributed by atoms with Gasteiger partial charge in [-0.05, 0) is 69.2 Å². The van der Waals surface area contributed by atoms with Crippen molar-refractivity contribution in [3.8, 4) is 11.8 Å². The molecule has 0 spiro atoms. The largest absolute Gasteiger partial charge is 0.107 e. The van der Waals surface area contributed by atoms with E-state index in [2.05, 4.69) is 11.8 Å². The van der Waals surface area contributed by atoms with Crippen molar-refractivity contribution < 1.29 is 0 Å². The van der Waals surface area contributed by atoms with Crippen LogP contribution < -0.4 is 0 Å². The molecule has 0 aliphatic rings. The van der Waals surface area contributed by atoms with Crippen LogP contribution in [0.15, 0.2) is 48.6 Å². The summed E-state index contributed by atoms with van der Waals surface area (Å²) in [4.78, 5) is 0. The Labute approximate surface area is 130 Å². The van der Waals surface area contributed by atoms with Gasteiger partial charge in [0.15, 0.2) is 0 Å². The molecule has 0 bridgehead atoms. The number of hydrogen-bond acceptors (Lipinski definition) is 0. The second-order valence-electron chi connectivity index (χ2n) is 3.17. The molecule has 0 rings (SSSR count). The maximum absolute atomic E-state index is 2.68. The Balaban J connectivity index is -0.0000000469. The molecular weight excluding hydrogens is 240 g/mol. The predicted molar refractivity (Wildman–Crippen MR) is 101 cm³/mol. The lowest BCUT2D eigenvalue weighted by atomic mass is 10.6. The zero-order valence-corrected chi connectivity index (χ0v) is 15.6. The van der Waals surface area contributed by atoms with E-state index in [4.69, 9.17) is 0 Å². The molecule has 0 fully saturated rings. The van der Waals surface area contributed by atoms with Gasteiger partial charge in [-0.2, -0.15) is 0 Å². The highest BCUT2D eigenvalue weighted by Crippen LogP contribution is 1.58. The fraction of sp³-hybridized carbons (Fsp3) is 0.500. The normalized spacial score (nSPS) is 8.30. The van der Waals surface area contributed by atoms with Crippen LogP contribution in [-0.4, -0.2) is 0 Å². The lowest BCUT2D eigenvalue weighted by Crippen LogP contribution is -1.28. The van der Waals surface area contributed by atoms with E-state index in [1.807, 2.05) is 118 Å². The minimum atomic E-state index is 1.82. The molecule has 0 amide bonds. The topological polar surface area (TPSA) is 0 Å². The van der Waals surface area contributed by atoms with Gasteiger partial charge in [0.25, 0.3) is 0 Å². The van der Waals surface area contributed by atoms with E-state index in [1.165, 1.54) is 0 Å². The van der Waals surface area contributed by atoms with Crippen LogP contribution in [0.5, 0.6) is 0 Å². The molecule has 0 unspecified atom stereocenters. The molecule has 0 heteroatoms. The molecule has 118 valence electrons. The Hall–Kier alpha value is -1.48. The number of rotatable bonds is 0. The van der Waals surface area contributed by atoms with Crippen LogP contribution in [0.25, 0.3) is 0 Å². The van der Waals surface area contributed by atoms with Gasteiger partial charge >= 0.3 is 0 Å². The fourth-order valence-corrected chi connectivity index (χ4v) is 0. The molecule has 20 heavy (non-hydrogen) atoms. The summed E-state index contributed by atoms with van der Waals surface area (Å²) in [5.41, 5.74) is 0. The van der Waals surface area contributed by atoms with Crippen molar-refractivity contribution in [3.63, 3.8) is 0 Å². The van der Waals surface area contributed by atoms with Crippen molar-refractivity contribution in [2.45, 2.75) is 69.2 Å². The van der Waals surface area contributed by atoms with E-state index in [1.54, 1.807) is 0 Å². The Bertz CT molecular complexity index is 189. The molecule has 0 aliphatic carbocycles. The fourth-order valence-electron chi connectivity index (χ4n) is 0. The van der Waals surface area contributed by atoms with Crippen molar-refractivity contribution in [2.24, 2.45) is 0 Å². The summed E-state index contributed by atoms with van der Waals surface area (Å²) < 4.78 is 0. The molecule has 0 radical (unpaired) electrons. The summed E-state index contributed by atoms with van der Waals surface area (Å²) in [6.07, 6.45) is 16.0. The number of hydrogen-bond donors (Lipinski definition) is 0. The van der Waals surface area contributed by atoms with Gasteiger partial charge in [-0.15, -0.1) is 11.8 Å². The molecule has 0 atom stereocenters. The molecule has 0 aromatic rings. The van der Waals surface area contributed by atoms with Gasteiger partial charge in [-0.25, -0.2) is 0 Å². The zero-order chi connectivity index (χ0) is 17.1. The van der Waals surface area contributed by atoms with Crippen molar-refractivity contribution in [3.05, 3.63) is 48.6 Å². The maximum atomic E-state index is 2.68. The minimum absolute atomic E-state index is 1.82. The second kappa shape index (κ2) is 65.9. The van der Waals surface area contributed by atoms with Crippen LogP contribution in [0.4, 0.5) is 0 Å². The van der Waals surface area contributed by atoms with Gasteiger partial charge in [-0.3, -0.25) is 0 Å². The van der Waals surface area contributed by atoms with Crippen LogP contribution in [-0.2, 0) is 0 Å². The first-order chi connectivity index (χ1) is 9.57. The standard InChI is InChI=1S/4C4H8.C4H6/c5*1-3-4-2/h4*3-4H,1-2H3;1-2H3/b3*4-3+;4-3-;. The quantitative estimate of drug-likeness (QED) is 0.321. The van der Waals surface area contributed by atoms with E-state index < -0.39 is 0 Å². The Kier molecular flexibility index (Phi) is 102. The van der Waals surface area contributed by atoms with Crippen molar-refractivity contribution in [1.82, 2.24) is 0 Å². The first-order valence-corrected chi connectivity index (χ1v) is 7.20. The predicted octanol–water partition coefficient (Wildman–Crippen LogP) is 7.36. The average molecular weight is 279 g/mol. The Morgan fingerprint density at radius 1 is 0.350 bits per heavy atom. The Morgan fingerprint density at radius 2 is 0.450 bits per heavy atom. The smallest absolute Gasteiger partial charge is 0.00271 e. The molecule has 0 aromatic heterocycles. The van der Waals surface area contributed by atoms with Gasteiger partial charge in [0.1, 0.15) is 0 Å². The van der Waals surface area contributed by atoms with Crippen molar-refractivity contribution >= 4 is 0 Å². The maximum Gasteiger partial charge on any atom is -0.00271 e. The molecule has 0 heterocycles. The van der Waals surface area contributed by atoms with Crippen molar-refractivity contribution in [1.29, 1.82) is 0 Å². The highest BCUT2D eigenvalue weighted by atomic mass is 13.4. The third-order valence-corrected chi connectivity index (χ3v) is 1.58. The van der Waals surface area contributed by atoms with E-state index in [0.29, 0.717) is 0 Å². The third-order valence-electron chi connectivity index (χ3n) is 1.58. The lowest BCUT2D eigenvalue weighted by Gasteiger charge is -1.49. The molecule has 0 aliphatic heterocycles. The highest BCUT2D eigenvalue weighted by molar-refractivity contribution is 4.89. The van der Waals surface area contributed by atoms with Gasteiger partial charge < -0.3 is 0 Å². The van der Waals surface area contributed by atoms with E-state index in [0.717, 1.165) is 0 Å². The van der Waals surface area contributed by atoms with Crippen LogP contribution in [0.2, 0.25) is 0 Å². The average Bonchev–Trinajstić information content (AvgIpc) is 2.55. The van der Waals surface area contributed by atoms with Gasteiger partial charge in [-0.1, -0.05) is 48.6 Å². The summed E-state index contributed by atoms with van der Waals surface area (Å²) in [7, 11) is 0. The van der Waals surface area contributed by atoms with Crippen LogP contribution >= 0.6 is 0 Å². The van der Waals surface area contributed by atoms with E-state index in [9.17, 15) is 0 Å². The summed E-state index contributed by atoms with van der Waals surface area (Å²) in [6, 6.07) is 0. The Morgan fingerprint density at radius 3 is 0.450 bits per heavy atom. The lowest BCUT2D eigenvalue weighted by molar-refractivity contribution is 1.64. The molecular formula is C20H38. The first kappa shape index (κ1) is 31.1. The minimum Gasteiger partial charge on any atom is -0.107 e. The molecule has 0 nitrogen and oxygen atoms in total. The van der Waals surface area contributed by atoms with Gasteiger partial charge in [0.2, 0.25) is 0 Å². The monoisotopic (exact) mass is 278 g/mol. The summed E-state index contributed by atoms with van der Waals surface area (Å²) in [5, 5.41) is 0. The summed E-state index contributed by atoms with van der Waals surface area (Å²) >= 11 is 0. The number of allylic oxidation sites excluding steroid dienone is 8. The van der Waals surface area contributed by atoms with E-state index >= 15 is 0 Å². The molecule has 0 aromatic carbocycles. The highest BCUT2D eigenvalue weighted by Gasteiger charge is 1.35. The van der Waals surface area contributed by atoms with E-state index in [-0.39, 0.29) is 0 Å².